The second-order valence-electron chi connectivity index (χ2n) is 8.05. The number of carbonyl (C=O) groups excluding carboxylic acids is 3. The summed E-state index contributed by atoms with van der Waals surface area (Å²) in [6.07, 6.45) is 0.910. The number of halogens is 2. The number of esters is 1. The Bertz CT molecular complexity index is 762. The van der Waals surface area contributed by atoms with Gasteiger partial charge in [-0.15, -0.1) is 0 Å². The van der Waals surface area contributed by atoms with Gasteiger partial charge in [0.15, 0.2) is 0 Å². The van der Waals surface area contributed by atoms with Crippen molar-refractivity contribution in [3.8, 4) is 0 Å². The van der Waals surface area contributed by atoms with Crippen molar-refractivity contribution in [1.82, 2.24) is 0 Å². The standard InChI is InChI=1S/C20H21Br2NO4/c1-9(2)8-27-20(26)10-3-5-11(6-4-10)23-18(24)14-12-7-13(15(14)19(23)25)17(22)16(12)21/h3-6,9,12-17H,7-8H2,1-2H3/t12-,13+,14-,15-,16-,17+/m0/s1. The fourth-order valence-corrected chi connectivity index (χ4v) is 6.55. The molecule has 5 nitrogen and oxygen atoms in total. The topological polar surface area (TPSA) is 63.7 Å². The van der Waals surface area contributed by atoms with E-state index in [2.05, 4.69) is 31.9 Å². The molecule has 1 heterocycles. The number of alkyl halides is 2. The van der Waals surface area contributed by atoms with Gasteiger partial charge >= 0.3 is 5.97 Å². The summed E-state index contributed by atoms with van der Waals surface area (Å²) >= 11 is 7.38. The van der Waals surface area contributed by atoms with Gasteiger partial charge in [-0.25, -0.2) is 4.79 Å². The highest BCUT2D eigenvalue weighted by molar-refractivity contribution is 9.12. The molecule has 6 atom stereocenters. The first-order chi connectivity index (χ1) is 12.8. The fraction of sp³-hybridized carbons (Fsp3) is 0.550. The predicted molar refractivity (Wildman–Crippen MR) is 108 cm³/mol. The van der Waals surface area contributed by atoms with Crippen molar-refractivity contribution < 1.29 is 19.1 Å². The number of imide groups is 1. The molecule has 144 valence electrons. The SMILES string of the molecule is CC(C)COC(=O)c1ccc(N2C(=O)[C@H]3[C@@H]4C[C@@H]([C@@H](Br)[C@H]4Br)[C@@H]3C2=O)cc1. The molecule has 0 unspecified atom stereocenters. The van der Waals surface area contributed by atoms with Crippen molar-refractivity contribution in [2.45, 2.75) is 29.9 Å². The molecule has 2 aliphatic carbocycles. The van der Waals surface area contributed by atoms with E-state index in [1.165, 1.54) is 4.90 Å². The van der Waals surface area contributed by atoms with E-state index in [0.717, 1.165) is 6.42 Å². The van der Waals surface area contributed by atoms with E-state index >= 15 is 0 Å². The molecule has 0 spiro atoms. The number of hydrogen-bond acceptors (Lipinski definition) is 4. The van der Waals surface area contributed by atoms with Gasteiger partial charge < -0.3 is 4.74 Å². The van der Waals surface area contributed by atoms with Gasteiger partial charge in [-0.3, -0.25) is 14.5 Å². The Morgan fingerprint density at radius 2 is 1.59 bits per heavy atom. The lowest BCUT2D eigenvalue weighted by molar-refractivity contribution is -0.123. The molecule has 3 aliphatic rings. The van der Waals surface area contributed by atoms with Gasteiger partial charge in [0.05, 0.1) is 29.7 Å². The molecule has 2 amide bonds. The van der Waals surface area contributed by atoms with Crippen molar-refractivity contribution in [2.24, 2.45) is 29.6 Å². The van der Waals surface area contributed by atoms with Gasteiger partial charge in [-0.05, 0) is 48.4 Å². The van der Waals surface area contributed by atoms with Crippen LogP contribution in [0.4, 0.5) is 5.69 Å². The van der Waals surface area contributed by atoms with Gasteiger partial charge in [0.2, 0.25) is 11.8 Å². The Labute approximate surface area is 175 Å². The van der Waals surface area contributed by atoms with Gasteiger partial charge in [-0.2, -0.15) is 0 Å². The molecule has 27 heavy (non-hydrogen) atoms. The van der Waals surface area contributed by atoms with Crippen molar-refractivity contribution in [3.05, 3.63) is 29.8 Å². The highest BCUT2D eigenvalue weighted by atomic mass is 79.9. The highest BCUT2D eigenvalue weighted by Gasteiger charge is 2.66. The fourth-order valence-electron chi connectivity index (χ4n) is 4.68. The zero-order valence-electron chi connectivity index (χ0n) is 15.1. The summed E-state index contributed by atoms with van der Waals surface area (Å²) in [5.74, 6) is -0.458. The quantitative estimate of drug-likeness (QED) is 0.360. The number of benzene rings is 1. The molecule has 1 aliphatic heterocycles. The molecule has 0 N–H and O–H groups in total. The van der Waals surface area contributed by atoms with Crippen molar-refractivity contribution >= 4 is 55.3 Å². The minimum absolute atomic E-state index is 0.114. The number of anilines is 1. The zero-order valence-corrected chi connectivity index (χ0v) is 18.3. The van der Waals surface area contributed by atoms with E-state index in [4.69, 9.17) is 4.74 Å². The number of amides is 2. The first kappa shape index (κ1) is 19.1. The molecule has 3 fully saturated rings. The molecule has 0 radical (unpaired) electrons. The van der Waals surface area contributed by atoms with E-state index in [0.29, 0.717) is 17.9 Å². The van der Waals surface area contributed by atoms with Crippen LogP contribution in [0.25, 0.3) is 0 Å². The minimum atomic E-state index is -0.395. The molecule has 2 bridgehead atoms. The van der Waals surface area contributed by atoms with Crippen LogP contribution < -0.4 is 4.90 Å². The summed E-state index contributed by atoms with van der Waals surface area (Å²) in [4.78, 5) is 39.8. The monoisotopic (exact) mass is 497 g/mol. The summed E-state index contributed by atoms with van der Waals surface area (Å²) in [6, 6.07) is 6.54. The van der Waals surface area contributed by atoms with Crippen LogP contribution in [0.2, 0.25) is 0 Å². The van der Waals surface area contributed by atoms with E-state index < -0.39 is 5.97 Å². The third kappa shape index (κ3) is 2.97. The van der Waals surface area contributed by atoms with Crippen molar-refractivity contribution in [1.29, 1.82) is 0 Å². The zero-order chi connectivity index (χ0) is 19.5. The van der Waals surface area contributed by atoms with E-state index in [9.17, 15) is 14.4 Å². The Morgan fingerprint density at radius 3 is 2.07 bits per heavy atom. The smallest absolute Gasteiger partial charge is 0.338 e. The first-order valence-corrected chi connectivity index (χ1v) is 11.1. The maximum absolute atomic E-state index is 13.0. The van der Waals surface area contributed by atoms with Crippen LogP contribution in [0, 0.1) is 29.6 Å². The Morgan fingerprint density at radius 1 is 1.07 bits per heavy atom. The Balaban J connectivity index is 1.54. The third-order valence-corrected chi connectivity index (χ3v) is 9.10. The molecule has 0 aromatic heterocycles. The largest absolute Gasteiger partial charge is 0.462 e. The summed E-state index contributed by atoms with van der Waals surface area (Å²) in [6.45, 7) is 4.30. The average molecular weight is 499 g/mol. The maximum Gasteiger partial charge on any atom is 0.338 e. The van der Waals surface area contributed by atoms with Crippen molar-refractivity contribution in [3.63, 3.8) is 0 Å². The average Bonchev–Trinajstić information content (AvgIpc) is 3.25. The molecular weight excluding hydrogens is 478 g/mol. The van der Waals surface area contributed by atoms with Crippen LogP contribution in [0.15, 0.2) is 24.3 Å². The summed E-state index contributed by atoms with van der Waals surface area (Å²) in [7, 11) is 0. The molecule has 2 saturated carbocycles. The van der Waals surface area contributed by atoms with Crippen LogP contribution in [0.3, 0.4) is 0 Å². The summed E-state index contributed by atoms with van der Waals surface area (Å²) in [5, 5.41) is 0. The number of nitrogens with zero attached hydrogens (tertiary/aromatic N) is 1. The first-order valence-electron chi connectivity index (χ1n) is 9.24. The van der Waals surface area contributed by atoms with E-state index in [-0.39, 0.29) is 51.1 Å². The Hall–Kier alpha value is -1.21. The minimum Gasteiger partial charge on any atom is -0.462 e. The van der Waals surface area contributed by atoms with E-state index in [1.807, 2.05) is 13.8 Å². The van der Waals surface area contributed by atoms with E-state index in [1.54, 1.807) is 24.3 Å². The number of ether oxygens (including phenoxy) is 1. The van der Waals surface area contributed by atoms with Gasteiger partial charge in [0.1, 0.15) is 0 Å². The summed E-state index contributed by atoms with van der Waals surface area (Å²) < 4.78 is 5.22. The Kier molecular flexibility index (Phi) is 4.95. The van der Waals surface area contributed by atoms with Crippen LogP contribution in [-0.2, 0) is 14.3 Å². The maximum atomic E-state index is 13.0. The van der Waals surface area contributed by atoms with Crippen LogP contribution in [0.1, 0.15) is 30.6 Å². The number of carbonyl (C=O) groups is 3. The lowest BCUT2D eigenvalue weighted by atomic mass is 9.81. The number of fused-ring (bicyclic) bond motifs is 5. The second-order valence-corrected chi connectivity index (χ2v) is 10.2. The van der Waals surface area contributed by atoms with Gasteiger partial charge in [0, 0.05) is 9.65 Å². The van der Waals surface area contributed by atoms with Crippen LogP contribution >= 0.6 is 31.9 Å². The predicted octanol–water partition coefficient (Wildman–Crippen LogP) is 3.78. The van der Waals surface area contributed by atoms with Crippen LogP contribution in [0.5, 0.6) is 0 Å². The highest BCUT2D eigenvalue weighted by Crippen LogP contribution is 2.60. The third-order valence-electron chi connectivity index (χ3n) is 5.90. The van der Waals surface area contributed by atoms with Crippen molar-refractivity contribution in [2.75, 3.05) is 11.5 Å². The lowest BCUT2D eigenvalue weighted by Gasteiger charge is -2.28. The molecular formula is C20H21Br2NO4. The molecule has 1 aromatic rings. The summed E-state index contributed by atoms with van der Waals surface area (Å²) in [5.41, 5.74) is 0.941. The number of hydrogen-bond donors (Lipinski definition) is 0. The molecule has 4 rings (SSSR count). The second kappa shape index (κ2) is 6.99. The van der Waals surface area contributed by atoms with Crippen LogP contribution in [-0.4, -0.2) is 34.0 Å². The van der Waals surface area contributed by atoms with Gasteiger partial charge in [0.25, 0.3) is 0 Å². The number of rotatable bonds is 4. The lowest BCUT2D eigenvalue weighted by Crippen LogP contribution is -2.37. The van der Waals surface area contributed by atoms with Gasteiger partial charge in [-0.1, -0.05) is 45.7 Å². The molecule has 1 aromatic carbocycles. The molecule has 1 saturated heterocycles. The normalized spacial score (nSPS) is 34.5. The molecule has 7 heteroatoms.